The molecule has 1 aliphatic rings. The van der Waals surface area contributed by atoms with Crippen molar-refractivity contribution in [1.82, 2.24) is 4.90 Å². The number of ether oxygens (including phenoxy) is 3. The van der Waals surface area contributed by atoms with Gasteiger partial charge in [0.2, 0.25) is 0 Å². The van der Waals surface area contributed by atoms with E-state index in [4.69, 9.17) is 18.6 Å². The van der Waals surface area contributed by atoms with Gasteiger partial charge in [-0.05, 0) is 25.1 Å². The molecular formula is C24H27NO6. The molecule has 0 saturated carbocycles. The van der Waals surface area contributed by atoms with Gasteiger partial charge in [0.05, 0.1) is 19.8 Å². The smallest absolute Gasteiger partial charge is 0.342 e. The first kappa shape index (κ1) is 21.4. The van der Waals surface area contributed by atoms with E-state index in [-0.39, 0.29) is 13.2 Å². The Labute approximate surface area is 181 Å². The maximum Gasteiger partial charge on any atom is 0.342 e. The van der Waals surface area contributed by atoms with Crippen LogP contribution in [0.2, 0.25) is 0 Å². The van der Waals surface area contributed by atoms with Gasteiger partial charge in [0.15, 0.2) is 0 Å². The molecule has 7 nitrogen and oxygen atoms in total. The minimum atomic E-state index is -0.623. The SMILES string of the molecule is CCOC(=O)c1c(-c2ccccc2)oc2ccc(OCC(O)CN3CCOCC3)cc12. The van der Waals surface area contributed by atoms with Crippen LogP contribution in [0.5, 0.6) is 5.75 Å². The number of morpholine rings is 1. The van der Waals surface area contributed by atoms with Gasteiger partial charge in [0.1, 0.15) is 35.4 Å². The van der Waals surface area contributed by atoms with Gasteiger partial charge in [0, 0.05) is 30.6 Å². The fraction of sp³-hybridized carbons (Fsp3) is 0.375. The molecule has 3 aromatic rings. The number of β-amino-alcohol motifs (C(OH)–C–C–N with tert-alkyl or cyclic N) is 1. The van der Waals surface area contributed by atoms with Gasteiger partial charge in [-0.1, -0.05) is 30.3 Å². The van der Waals surface area contributed by atoms with E-state index in [1.807, 2.05) is 30.3 Å². The lowest BCUT2D eigenvalue weighted by Crippen LogP contribution is -2.42. The third-order valence-corrected chi connectivity index (χ3v) is 5.19. The zero-order chi connectivity index (χ0) is 21.6. The fourth-order valence-corrected chi connectivity index (χ4v) is 3.69. The summed E-state index contributed by atoms with van der Waals surface area (Å²) in [6.07, 6.45) is -0.623. The first-order valence-electron chi connectivity index (χ1n) is 10.6. The number of aliphatic hydroxyl groups is 1. The highest BCUT2D eigenvalue weighted by molar-refractivity contribution is 6.09. The van der Waals surface area contributed by atoms with Crippen molar-refractivity contribution in [1.29, 1.82) is 0 Å². The van der Waals surface area contributed by atoms with Crippen molar-refractivity contribution in [3.63, 3.8) is 0 Å². The van der Waals surface area contributed by atoms with E-state index in [0.29, 0.717) is 47.8 Å². The molecule has 31 heavy (non-hydrogen) atoms. The van der Waals surface area contributed by atoms with Crippen molar-refractivity contribution in [2.75, 3.05) is 46.1 Å². The van der Waals surface area contributed by atoms with E-state index in [1.165, 1.54) is 0 Å². The molecule has 2 aromatic carbocycles. The summed E-state index contributed by atoms with van der Waals surface area (Å²) in [5, 5.41) is 11.0. The van der Waals surface area contributed by atoms with E-state index in [9.17, 15) is 9.90 Å². The Morgan fingerprint density at radius 1 is 1.16 bits per heavy atom. The van der Waals surface area contributed by atoms with Gasteiger partial charge < -0.3 is 23.7 Å². The molecule has 0 amide bonds. The molecule has 0 aliphatic carbocycles. The third kappa shape index (κ3) is 5.07. The summed E-state index contributed by atoms with van der Waals surface area (Å²) in [4.78, 5) is 14.9. The lowest BCUT2D eigenvalue weighted by atomic mass is 10.1. The minimum absolute atomic E-state index is 0.154. The minimum Gasteiger partial charge on any atom is -0.491 e. The molecule has 1 fully saturated rings. The average Bonchev–Trinajstić information content (AvgIpc) is 3.18. The number of carbonyl (C=O) groups is 1. The highest BCUT2D eigenvalue weighted by atomic mass is 16.5. The number of aliphatic hydroxyl groups excluding tert-OH is 1. The summed E-state index contributed by atoms with van der Waals surface area (Å²) in [6.45, 7) is 5.71. The topological polar surface area (TPSA) is 81.4 Å². The monoisotopic (exact) mass is 425 g/mol. The molecular weight excluding hydrogens is 398 g/mol. The van der Waals surface area contributed by atoms with E-state index in [1.54, 1.807) is 25.1 Å². The number of furan rings is 1. The van der Waals surface area contributed by atoms with Gasteiger partial charge in [-0.2, -0.15) is 0 Å². The second-order valence-electron chi connectivity index (χ2n) is 7.43. The molecule has 0 radical (unpaired) electrons. The van der Waals surface area contributed by atoms with E-state index >= 15 is 0 Å². The molecule has 1 aromatic heterocycles. The van der Waals surface area contributed by atoms with Crippen LogP contribution >= 0.6 is 0 Å². The Morgan fingerprint density at radius 2 is 1.94 bits per heavy atom. The van der Waals surface area contributed by atoms with Crippen LogP contribution in [-0.2, 0) is 9.47 Å². The maximum absolute atomic E-state index is 12.7. The van der Waals surface area contributed by atoms with E-state index in [0.717, 1.165) is 18.7 Å². The summed E-state index contributed by atoms with van der Waals surface area (Å²) in [7, 11) is 0. The van der Waals surface area contributed by atoms with Crippen LogP contribution in [0.4, 0.5) is 0 Å². The van der Waals surface area contributed by atoms with Crippen molar-refractivity contribution in [2.24, 2.45) is 0 Å². The van der Waals surface area contributed by atoms with E-state index in [2.05, 4.69) is 4.90 Å². The van der Waals surface area contributed by atoms with E-state index < -0.39 is 12.1 Å². The molecule has 1 aliphatic heterocycles. The quantitative estimate of drug-likeness (QED) is 0.554. The lowest BCUT2D eigenvalue weighted by molar-refractivity contribution is 0.00466. The molecule has 164 valence electrons. The second kappa shape index (κ2) is 9.96. The highest BCUT2D eigenvalue weighted by Gasteiger charge is 2.24. The van der Waals surface area contributed by atoms with Crippen LogP contribution in [0.15, 0.2) is 52.9 Å². The highest BCUT2D eigenvalue weighted by Crippen LogP contribution is 2.36. The van der Waals surface area contributed by atoms with Crippen LogP contribution in [0.3, 0.4) is 0 Å². The fourth-order valence-electron chi connectivity index (χ4n) is 3.69. The van der Waals surface area contributed by atoms with Gasteiger partial charge in [-0.15, -0.1) is 0 Å². The number of esters is 1. The van der Waals surface area contributed by atoms with Gasteiger partial charge in [-0.25, -0.2) is 4.79 Å². The molecule has 0 bridgehead atoms. The number of carbonyl (C=O) groups excluding carboxylic acids is 1. The second-order valence-corrected chi connectivity index (χ2v) is 7.43. The van der Waals surface area contributed by atoms with Crippen LogP contribution < -0.4 is 4.74 Å². The van der Waals surface area contributed by atoms with Crippen molar-refractivity contribution in [3.05, 3.63) is 54.1 Å². The predicted molar refractivity (Wildman–Crippen MR) is 116 cm³/mol. The number of benzene rings is 2. The van der Waals surface area contributed by atoms with Crippen molar-refractivity contribution in [2.45, 2.75) is 13.0 Å². The molecule has 1 unspecified atom stereocenters. The summed E-state index contributed by atoms with van der Waals surface area (Å²) in [6, 6.07) is 14.8. The molecule has 7 heteroatoms. The van der Waals surface area contributed by atoms with Gasteiger partial charge in [-0.3, -0.25) is 4.90 Å². The number of rotatable bonds is 8. The van der Waals surface area contributed by atoms with Gasteiger partial charge >= 0.3 is 5.97 Å². The molecule has 1 N–H and O–H groups in total. The Kier molecular flexibility index (Phi) is 6.86. The van der Waals surface area contributed by atoms with Crippen LogP contribution in [0, 0.1) is 0 Å². The van der Waals surface area contributed by atoms with Crippen molar-refractivity contribution < 1.29 is 28.5 Å². The number of nitrogens with zero attached hydrogens (tertiary/aromatic N) is 1. The Hall–Kier alpha value is -2.87. The van der Waals surface area contributed by atoms with Crippen LogP contribution in [0.25, 0.3) is 22.3 Å². The Balaban J connectivity index is 1.55. The Morgan fingerprint density at radius 3 is 2.68 bits per heavy atom. The van der Waals surface area contributed by atoms with Crippen LogP contribution in [0.1, 0.15) is 17.3 Å². The van der Waals surface area contributed by atoms with Gasteiger partial charge in [0.25, 0.3) is 0 Å². The lowest BCUT2D eigenvalue weighted by Gasteiger charge is -2.28. The molecule has 2 heterocycles. The summed E-state index contributed by atoms with van der Waals surface area (Å²) >= 11 is 0. The summed E-state index contributed by atoms with van der Waals surface area (Å²) < 4.78 is 22.5. The Bertz CT molecular complexity index is 1010. The zero-order valence-corrected chi connectivity index (χ0v) is 17.6. The predicted octanol–water partition coefficient (Wildman–Crippen LogP) is 3.35. The number of fused-ring (bicyclic) bond motifs is 1. The third-order valence-electron chi connectivity index (χ3n) is 5.19. The zero-order valence-electron chi connectivity index (χ0n) is 17.6. The molecule has 1 saturated heterocycles. The standard InChI is InChI=1S/C24H27NO6/c1-2-29-24(27)22-20-14-19(30-16-18(26)15-25-10-12-28-13-11-25)8-9-21(20)31-23(22)17-6-4-3-5-7-17/h3-9,14,18,26H,2,10-13,15-16H2,1H3. The normalized spacial score (nSPS) is 15.7. The van der Waals surface area contributed by atoms with Crippen LogP contribution in [-0.4, -0.2) is 68.1 Å². The first-order chi connectivity index (χ1) is 15.2. The molecule has 1 atom stereocenters. The summed E-state index contributed by atoms with van der Waals surface area (Å²) in [5.74, 6) is 0.586. The molecule has 0 spiro atoms. The number of hydrogen-bond acceptors (Lipinski definition) is 7. The average molecular weight is 425 g/mol. The summed E-state index contributed by atoms with van der Waals surface area (Å²) in [5.41, 5.74) is 1.75. The maximum atomic E-state index is 12.7. The number of hydrogen-bond donors (Lipinski definition) is 1. The first-order valence-corrected chi connectivity index (χ1v) is 10.6. The van der Waals surface area contributed by atoms with Crippen molar-refractivity contribution >= 4 is 16.9 Å². The largest absolute Gasteiger partial charge is 0.491 e. The molecule has 4 rings (SSSR count). The van der Waals surface area contributed by atoms with Crippen molar-refractivity contribution in [3.8, 4) is 17.1 Å².